The van der Waals surface area contributed by atoms with E-state index in [1.807, 2.05) is 0 Å². The summed E-state index contributed by atoms with van der Waals surface area (Å²) in [7, 11) is -3.94. The predicted octanol–water partition coefficient (Wildman–Crippen LogP) is 1.59. The van der Waals surface area contributed by atoms with Gasteiger partial charge in [0.05, 0.1) is 4.90 Å². The van der Waals surface area contributed by atoms with E-state index in [0.717, 1.165) is 0 Å². The standard InChI is InChI=1S/C15H19NO5S/c1-9(2)14(15(18)19)16-22(20,21)11-6-7-12-10(8-11)4-3-5-13(12)17/h6-9,14,16H,3-5H2,1-2H3,(H,18,19)/t14-/m0/s1. The van der Waals surface area contributed by atoms with Crippen LogP contribution in [0.5, 0.6) is 0 Å². The van der Waals surface area contributed by atoms with E-state index in [4.69, 9.17) is 5.11 Å². The van der Waals surface area contributed by atoms with E-state index in [2.05, 4.69) is 4.72 Å². The van der Waals surface area contributed by atoms with Gasteiger partial charge in [-0.25, -0.2) is 8.42 Å². The Morgan fingerprint density at radius 3 is 2.55 bits per heavy atom. The van der Waals surface area contributed by atoms with E-state index >= 15 is 0 Å². The van der Waals surface area contributed by atoms with Crippen molar-refractivity contribution < 1.29 is 23.1 Å². The molecule has 1 aliphatic rings. The lowest BCUT2D eigenvalue weighted by atomic mass is 9.91. The second-order valence-corrected chi connectivity index (χ2v) is 7.49. The third kappa shape index (κ3) is 3.36. The zero-order chi connectivity index (χ0) is 16.5. The number of ketones is 1. The summed E-state index contributed by atoms with van der Waals surface area (Å²) < 4.78 is 26.9. The first-order valence-corrected chi connectivity index (χ1v) is 8.62. The van der Waals surface area contributed by atoms with E-state index in [1.54, 1.807) is 13.8 Å². The topological polar surface area (TPSA) is 101 Å². The van der Waals surface area contributed by atoms with Gasteiger partial charge in [0.15, 0.2) is 5.78 Å². The number of fused-ring (bicyclic) bond motifs is 1. The van der Waals surface area contributed by atoms with Gasteiger partial charge >= 0.3 is 5.97 Å². The van der Waals surface area contributed by atoms with Crippen molar-refractivity contribution in [3.05, 3.63) is 29.3 Å². The van der Waals surface area contributed by atoms with E-state index in [9.17, 15) is 18.0 Å². The third-order valence-corrected chi connectivity index (χ3v) is 5.19. The van der Waals surface area contributed by atoms with Gasteiger partial charge < -0.3 is 5.11 Å². The molecule has 120 valence electrons. The number of benzene rings is 1. The molecule has 0 unspecified atom stereocenters. The fourth-order valence-electron chi connectivity index (χ4n) is 2.50. The highest BCUT2D eigenvalue weighted by Gasteiger charge is 2.29. The smallest absolute Gasteiger partial charge is 0.322 e. The summed E-state index contributed by atoms with van der Waals surface area (Å²) >= 11 is 0. The summed E-state index contributed by atoms with van der Waals surface area (Å²) in [5.74, 6) is -1.58. The molecule has 2 N–H and O–H groups in total. The SMILES string of the molecule is CC(C)[C@H](NS(=O)(=O)c1ccc2c(c1)CCCC2=O)C(=O)O. The molecule has 6 nitrogen and oxygen atoms in total. The molecule has 1 atom stereocenters. The number of sulfonamides is 1. The summed E-state index contributed by atoms with van der Waals surface area (Å²) in [4.78, 5) is 22.9. The highest BCUT2D eigenvalue weighted by Crippen LogP contribution is 2.24. The lowest BCUT2D eigenvalue weighted by Crippen LogP contribution is -2.44. The van der Waals surface area contributed by atoms with Crippen LogP contribution >= 0.6 is 0 Å². The quantitative estimate of drug-likeness (QED) is 0.856. The maximum absolute atomic E-state index is 12.4. The van der Waals surface area contributed by atoms with E-state index < -0.39 is 22.0 Å². The summed E-state index contributed by atoms with van der Waals surface area (Å²) in [6.45, 7) is 3.26. The average Bonchev–Trinajstić information content (AvgIpc) is 2.44. The average molecular weight is 325 g/mol. The van der Waals surface area contributed by atoms with Crippen LogP contribution in [0.3, 0.4) is 0 Å². The van der Waals surface area contributed by atoms with Crippen molar-refractivity contribution in [3.63, 3.8) is 0 Å². The van der Waals surface area contributed by atoms with Crippen LogP contribution in [0.15, 0.2) is 23.1 Å². The first-order valence-electron chi connectivity index (χ1n) is 7.13. The van der Waals surface area contributed by atoms with Crippen molar-refractivity contribution in [1.82, 2.24) is 4.72 Å². The highest BCUT2D eigenvalue weighted by molar-refractivity contribution is 7.89. The van der Waals surface area contributed by atoms with Crippen LogP contribution in [-0.4, -0.2) is 31.3 Å². The van der Waals surface area contributed by atoms with Crippen LogP contribution in [0.1, 0.15) is 42.6 Å². The van der Waals surface area contributed by atoms with Gasteiger partial charge in [-0.3, -0.25) is 9.59 Å². The highest BCUT2D eigenvalue weighted by atomic mass is 32.2. The molecule has 0 aliphatic heterocycles. The largest absolute Gasteiger partial charge is 0.480 e. The van der Waals surface area contributed by atoms with Crippen molar-refractivity contribution in [3.8, 4) is 0 Å². The van der Waals surface area contributed by atoms with Crippen molar-refractivity contribution in [2.24, 2.45) is 5.92 Å². The lowest BCUT2D eigenvalue weighted by molar-refractivity contribution is -0.140. The molecule has 0 spiro atoms. The van der Waals surface area contributed by atoms with Crippen molar-refractivity contribution in [2.75, 3.05) is 0 Å². The Morgan fingerprint density at radius 1 is 1.27 bits per heavy atom. The number of Topliss-reactive ketones (excluding diaryl/α,β-unsaturated/α-hetero) is 1. The number of carboxylic acids is 1. The zero-order valence-corrected chi connectivity index (χ0v) is 13.3. The van der Waals surface area contributed by atoms with Gasteiger partial charge in [0, 0.05) is 12.0 Å². The molecular weight excluding hydrogens is 306 g/mol. The van der Waals surface area contributed by atoms with E-state index in [-0.39, 0.29) is 16.6 Å². The Labute approximate surface area is 129 Å². The van der Waals surface area contributed by atoms with Crippen LogP contribution in [0.4, 0.5) is 0 Å². The minimum absolute atomic E-state index is 0.00662. The Bertz CT molecular complexity index is 709. The van der Waals surface area contributed by atoms with Crippen LogP contribution in [0.25, 0.3) is 0 Å². The normalized spacial score (nSPS) is 16.4. The van der Waals surface area contributed by atoms with Crippen molar-refractivity contribution in [2.45, 2.75) is 44.0 Å². The second kappa shape index (κ2) is 6.18. The summed E-state index contributed by atoms with van der Waals surface area (Å²) in [6, 6.07) is 3.14. The first kappa shape index (κ1) is 16.6. The van der Waals surface area contributed by atoms with Gasteiger partial charge in [-0.05, 0) is 42.5 Å². The van der Waals surface area contributed by atoms with Crippen LogP contribution in [-0.2, 0) is 21.2 Å². The molecule has 0 saturated carbocycles. The fourth-order valence-corrected chi connectivity index (χ4v) is 3.88. The van der Waals surface area contributed by atoms with Crippen LogP contribution < -0.4 is 4.72 Å². The Kier molecular flexibility index (Phi) is 4.67. The minimum Gasteiger partial charge on any atom is -0.480 e. The molecule has 1 aromatic rings. The number of hydrogen-bond acceptors (Lipinski definition) is 4. The molecule has 0 heterocycles. The number of carbonyl (C=O) groups is 2. The Morgan fingerprint density at radius 2 is 1.95 bits per heavy atom. The molecule has 2 rings (SSSR count). The molecule has 1 aliphatic carbocycles. The molecule has 7 heteroatoms. The van der Waals surface area contributed by atoms with Gasteiger partial charge in [0.25, 0.3) is 0 Å². The number of aryl methyl sites for hydroxylation is 1. The monoisotopic (exact) mass is 325 g/mol. The summed E-state index contributed by atoms with van der Waals surface area (Å²) in [5, 5.41) is 9.11. The minimum atomic E-state index is -3.94. The van der Waals surface area contributed by atoms with Crippen LogP contribution in [0.2, 0.25) is 0 Å². The number of rotatable bonds is 5. The van der Waals surface area contributed by atoms with Crippen LogP contribution in [0, 0.1) is 5.92 Å². The second-order valence-electron chi connectivity index (χ2n) is 5.78. The predicted molar refractivity (Wildman–Crippen MR) is 80.3 cm³/mol. The molecule has 0 amide bonds. The Balaban J connectivity index is 2.34. The fraction of sp³-hybridized carbons (Fsp3) is 0.467. The zero-order valence-electron chi connectivity index (χ0n) is 12.5. The first-order chi connectivity index (χ1) is 10.2. The summed E-state index contributed by atoms with van der Waals surface area (Å²) in [5.41, 5.74) is 1.26. The lowest BCUT2D eigenvalue weighted by Gasteiger charge is -2.19. The molecule has 1 aromatic carbocycles. The van der Waals surface area contributed by atoms with Gasteiger partial charge in [0.2, 0.25) is 10.0 Å². The van der Waals surface area contributed by atoms with Crippen molar-refractivity contribution in [1.29, 1.82) is 0 Å². The number of carbonyl (C=O) groups excluding carboxylic acids is 1. The van der Waals surface area contributed by atoms with E-state index in [1.165, 1.54) is 18.2 Å². The number of carboxylic acid groups (broad SMARTS) is 1. The maximum atomic E-state index is 12.4. The van der Waals surface area contributed by atoms with Gasteiger partial charge in [0.1, 0.15) is 6.04 Å². The summed E-state index contributed by atoms with van der Waals surface area (Å²) in [6.07, 6.45) is 1.83. The van der Waals surface area contributed by atoms with Gasteiger partial charge in [-0.15, -0.1) is 0 Å². The van der Waals surface area contributed by atoms with Crippen molar-refractivity contribution >= 4 is 21.8 Å². The number of hydrogen-bond donors (Lipinski definition) is 2. The Hall–Kier alpha value is -1.73. The van der Waals surface area contributed by atoms with Gasteiger partial charge in [-0.2, -0.15) is 4.72 Å². The third-order valence-electron chi connectivity index (χ3n) is 3.75. The number of aliphatic carboxylic acids is 1. The molecule has 0 fully saturated rings. The molecule has 0 saturated heterocycles. The molecule has 0 bridgehead atoms. The maximum Gasteiger partial charge on any atom is 0.322 e. The van der Waals surface area contributed by atoms with Gasteiger partial charge in [-0.1, -0.05) is 13.8 Å². The van der Waals surface area contributed by atoms with E-state index in [0.29, 0.717) is 30.4 Å². The molecule has 0 aromatic heterocycles. The molecule has 22 heavy (non-hydrogen) atoms. The molecular formula is C15H19NO5S. The number of nitrogens with one attached hydrogen (secondary N) is 1. The molecule has 0 radical (unpaired) electrons.